The van der Waals surface area contributed by atoms with Crippen LogP contribution in [0, 0.1) is 0 Å². The Kier molecular flexibility index (Phi) is 2.98. The third-order valence-corrected chi connectivity index (χ3v) is 2.92. The van der Waals surface area contributed by atoms with Crippen LogP contribution in [0.15, 0.2) is 22.0 Å². The molecule has 0 atom stereocenters. The maximum absolute atomic E-state index is 11.1. The van der Waals surface area contributed by atoms with Gasteiger partial charge in [-0.1, -0.05) is 10.7 Å². The van der Waals surface area contributed by atoms with E-state index in [1.165, 1.54) is 9.56 Å². The number of aryl methyl sites for hydroxylation is 1. The molecular weight excluding hydrogens is 214 g/mol. The van der Waals surface area contributed by atoms with Gasteiger partial charge in [-0.05, 0) is 11.4 Å². The Morgan fingerprint density at radius 3 is 3.07 bits per heavy atom. The number of hydrogen-bond acceptors (Lipinski definition) is 5. The van der Waals surface area contributed by atoms with Crippen LogP contribution in [-0.2, 0) is 20.1 Å². The van der Waals surface area contributed by atoms with Gasteiger partial charge in [-0.2, -0.15) is 0 Å². The SMILES string of the molecule is C[n+]1noc([O-])c1CNCc1cccs1. The van der Waals surface area contributed by atoms with Gasteiger partial charge in [0.1, 0.15) is 0 Å². The molecule has 2 aromatic heterocycles. The summed E-state index contributed by atoms with van der Waals surface area (Å²) in [7, 11) is 1.69. The lowest BCUT2D eigenvalue weighted by molar-refractivity contribution is -0.746. The van der Waals surface area contributed by atoms with Crippen molar-refractivity contribution in [3.8, 4) is 5.95 Å². The van der Waals surface area contributed by atoms with Crippen molar-refractivity contribution in [3.05, 3.63) is 28.1 Å². The topological polar surface area (TPSA) is 65.0 Å². The first-order valence-corrected chi connectivity index (χ1v) is 5.40. The fourth-order valence-corrected chi connectivity index (χ4v) is 1.91. The molecule has 2 heterocycles. The van der Waals surface area contributed by atoms with Crippen molar-refractivity contribution in [2.24, 2.45) is 7.05 Å². The zero-order chi connectivity index (χ0) is 10.7. The fourth-order valence-electron chi connectivity index (χ4n) is 1.24. The van der Waals surface area contributed by atoms with Crippen molar-refractivity contribution in [2.45, 2.75) is 13.1 Å². The summed E-state index contributed by atoms with van der Waals surface area (Å²) in [4.78, 5) is 1.24. The van der Waals surface area contributed by atoms with E-state index in [1.807, 2.05) is 17.5 Å². The molecule has 6 heteroatoms. The third kappa shape index (κ3) is 2.34. The molecule has 0 aromatic carbocycles. The van der Waals surface area contributed by atoms with E-state index in [0.717, 1.165) is 6.54 Å². The smallest absolute Gasteiger partial charge is 0.246 e. The standard InChI is InChI=1S/C9H11N3O2S/c1-12-8(9(13)14-11-12)6-10-5-7-3-2-4-15-7/h2-4,10H,5-6H2,1H3. The molecule has 1 N–H and O–H groups in total. The highest BCUT2D eigenvalue weighted by molar-refractivity contribution is 7.09. The van der Waals surface area contributed by atoms with Gasteiger partial charge in [-0.15, -0.1) is 11.3 Å². The Morgan fingerprint density at radius 2 is 2.47 bits per heavy atom. The van der Waals surface area contributed by atoms with E-state index in [2.05, 4.69) is 15.1 Å². The van der Waals surface area contributed by atoms with Gasteiger partial charge in [0.25, 0.3) is 0 Å². The normalized spacial score (nSPS) is 10.7. The van der Waals surface area contributed by atoms with Gasteiger partial charge >= 0.3 is 0 Å². The van der Waals surface area contributed by atoms with E-state index in [0.29, 0.717) is 12.2 Å². The summed E-state index contributed by atoms with van der Waals surface area (Å²) in [5.74, 6) is -0.379. The van der Waals surface area contributed by atoms with Crippen LogP contribution >= 0.6 is 11.3 Å². The fraction of sp³-hybridized carbons (Fsp3) is 0.333. The van der Waals surface area contributed by atoms with Crippen molar-refractivity contribution < 1.29 is 14.3 Å². The number of hydrogen-bond donors (Lipinski definition) is 1. The summed E-state index contributed by atoms with van der Waals surface area (Å²) < 4.78 is 5.95. The Balaban J connectivity index is 1.89. The van der Waals surface area contributed by atoms with Crippen molar-refractivity contribution >= 4 is 11.3 Å². The largest absolute Gasteiger partial charge is 0.539 e. The predicted molar refractivity (Wildman–Crippen MR) is 52.0 cm³/mol. The summed E-state index contributed by atoms with van der Waals surface area (Å²) in [6, 6.07) is 4.05. The van der Waals surface area contributed by atoms with Crippen LogP contribution in [-0.4, -0.2) is 5.27 Å². The van der Waals surface area contributed by atoms with E-state index < -0.39 is 0 Å². The molecule has 15 heavy (non-hydrogen) atoms. The Labute approximate surface area is 90.9 Å². The van der Waals surface area contributed by atoms with Crippen LogP contribution in [0.1, 0.15) is 10.6 Å². The first-order valence-electron chi connectivity index (χ1n) is 4.52. The minimum atomic E-state index is -0.379. The first kappa shape index (κ1) is 10.1. The molecule has 0 spiro atoms. The molecule has 0 radical (unpaired) electrons. The highest BCUT2D eigenvalue weighted by atomic mass is 32.1. The van der Waals surface area contributed by atoms with Gasteiger partial charge in [-0.3, -0.25) is 0 Å². The summed E-state index contributed by atoms with van der Waals surface area (Å²) in [5, 5.41) is 19.9. The van der Waals surface area contributed by atoms with Crippen molar-refractivity contribution in [1.29, 1.82) is 0 Å². The molecule has 0 aliphatic heterocycles. The van der Waals surface area contributed by atoms with Gasteiger partial charge in [-0.25, -0.2) is 0 Å². The molecule has 0 saturated carbocycles. The number of thiophene rings is 1. The van der Waals surface area contributed by atoms with Gasteiger partial charge in [0.05, 0.1) is 11.8 Å². The first-order chi connectivity index (χ1) is 7.27. The summed E-state index contributed by atoms with van der Waals surface area (Å²) >= 11 is 1.68. The minimum absolute atomic E-state index is 0.379. The lowest BCUT2D eigenvalue weighted by Gasteiger charge is -1.99. The Hall–Kier alpha value is -1.40. The lowest BCUT2D eigenvalue weighted by Crippen LogP contribution is -2.36. The summed E-state index contributed by atoms with van der Waals surface area (Å²) in [6.45, 7) is 1.22. The second-order valence-corrected chi connectivity index (χ2v) is 4.15. The number of nitrogens with one attached hydrogen (secondary N) is 1. The average molecular weight is 225 g/mol. The summed E-state index contributed by atoms with van der Waals surface area (Å²) in [5.41, 5.74) is 0.534. The van der Waals surface area contributed by atoms with Crippen LogP contribution < -0.4 is 15.1 Å². The van der Waals surface area contributed by atoms with Gasteiger partial charge in [0.15, 0.2) is 13.0 Å². The van der Waals surface area contributed by atoms with Crippen LogP contribution in [0.25, 0.3) is 0 Å². The highest BCUT2D eigenvalue weighted by Gasteiger charge is 2.11. The molecule has 80 valence electrons. The van der Waals surface area contributed by atoms with Crippen LogP contribution in [0.4, 0.5) is 0 Å². The number of rotatable bonds is 4. The maximum Gasteiger partial charge on any atom is 0.246 e. The van der Waals surface area contributed by atoms with Crippen LogP contribution in [0.2, 0.25) is 0 Å². The van der Waals surface area contributed by atoms with Crippen molar-refractivity contribution in [2.75, 3.05) is 0 Å². The molecule has 0 bridgehead atoms. The monoisotopic (exact) mass is 225 g/mol. The molecule has 2 rings (SSSR count). The molecule has 0 aliphatic carbocycles. The number of nitrogens with zero attached hydrogens (tertiary/aromatic N) is 2. The van der Waals surface area contributed by atoms with E-state index in [4.69, 9.17) is 0 Å². The molecule has 0 amide bonds. The molecular formula is C9H11N3O2S. The van der Waals surface area contributed by atoms with E-state index in [-0.39, 0.29) is 5.95 Å². The summed E-state index contributed by atoms with van der Waals surface area (Å²) in [6.07, 6.45) is 0. The Morgan fingerprint density at radius 1 is 1.60 bits per heavy atom. The minimum Gasteiger partial charge on any atom is -0.539 e. The van der Waals surface area contributed by atoms with E-state index in [1.54, 1.807) is 18.4 Å². The van der Waals surface area contributed by atoms with E-state index >= 15 is 0 Å². The molecule has 0 saturated heterocycles. The van der Waals surface area contributed by atoms with Gasteiger partial charge in [0, 0.05) is 11.4 Å². The second-order valence-electron chi connectivity index (χ2n) is 3.11. The van der Waals surface area contributed by atoms with Crippen molar-refractivity contribution in [1.82, 2.24) is 10.6 Å². The Bertz CT molecular complexity index is 405. The second kappa shape index (κ2) is 4.41. The van der Waals surface area contributed by atoms with Crippen LogP contribution in [0.3, 0.4) is 0 Å². The maximum atomic E-state index is 11.1. The van der Waals surface area contributed by atoms with Crippen LogP contribution in [0.5, 0.6) is 5.95 Å². The molecule has 0 aliphatic rings. The lowest BCUT2D eigenvalue weighted by atomic mass is 10.4. The van der Waals surface area contributed by atoms with Gasteiger partial charge < -0.3 is 14.9 Å². The zero-order valence-corrected chi connectivity index (χ0v) is 9.08. The molecule has 0 unspecified atom stereocenters. The zero-order valence-electron chi connectivity index (χ0n) is 8.27. The predicted octanol–water partition coefficient (Wildman–Crippen LogP) is -0.0760. The molecule has 2 aromatic rings. The average Bonchev–Trinajstić information content (AvgIpc) is 2.82. The third-order valence-electron chi connectivity index (χ3n) is 2.04. The van der Waals surface area contributed by atoms with Gasteiger partial charge in [0.2, 0.25) is 5.69 Å². The van der Waals surface area contributed by atoms with Crippen molar-refractivity contribution in [3.63, 3.8) is 0 Å². The molecule has 0 fully saturated rings. The quantitative estimate of drug-likeness (QED) is 0.739. The number of aromatic nitrogens is 2. The molecule has 5 nitrogen and oxygen atoms in total. The highest BCUT2D eigenvalue weighted by Crippen LogP contribution is 2.09. The van der Waals surface area contributed by atoms with E-state index in [9.17, 15) is 5.11 Å².